The van der Waals surface area contributed by atoms with E-state index in [0.717, 1.165) is 6.42 Å². The number of hydrogen-bond donors (Lipinski definition) is 0. The van der Waals surface area contributed by atoms with E-state index in [-0.39, 0.29) is 18.9 Å². The molecule has 0 aliphatic heterocycles. The molecule has 0 bridgehead atoms. The van der Waals surface area contributed by atoms with Gasteiger partial charge in [-0.3, -0.25) is 0 Å². The Labute approximate surface area is 83.8 Å². The van der Waals surface area contributed by atoms with Crippen LogP contribution >= 0.6 is 15.9 Å². The standard InChI is InChI=1S/C8H12BrF3O/c9-5-13-7-3-1-2-6(4-7)8(10,11)12/h6-7H,1-5H2. The van der Waals surface area contributed by atoms with Crippen molar-refractivity contribution in [3.63, 3.8) is 0 Å². The molecular formula is C8H12BrF3O. The monoisotopic (exact) mass is 260 g/mol. The molecule has 0 saturated heterocycles. The number of rotatable bonds is 2. The van der Waals surface area contributed by atoms with E-state index in [4.69, 9.17) is 4.74 Å². The Bertz CT molecular complexity index is 158. The van der Waals surface area contributed by atoms with Crippen LogP contribution in [0.3, 0.4) is 0 Å². The molecule has 2 atom stereocenters. The van der Waals surface area contributed by atoms with Gasteiger partial charge in [0.25, 0.3) is 0 Å². The van der Waals surface area contributed by atoms with Gasteiger partial charge in [-0.2, -0.15) is 13.2 Å². The second-order valence-electron chi connectivity index (χ2n) is 3.30. The summed E-state index contributed by atoms with van der Waals surface area (Å²) in [5.74, 6) is -1.16. The van der Waals surface area contributed by atoms with E-state index in [1.165, 1.54) is 0 Å². The molecule has 5 heteroatoms. The number of ether oxygens (including phenoxy) is 1. The van der Waals surface area contributed by atoms with Crippen LogP contribution in [0.4, 0.5) is 13.2 Å². The van der Waals surface area contributed by atoms with Crippen LogP contribution in [0.5, 0.6) is 0 Å². The molecule has 1 aliphatic rings. The molecule has 0 aromatic rings. The van der Waals surface area contributed by atoms with Crippen molar-refractivity contribution in [3.05, 3.63) is 0 Å². The molecule has 2 unspecified atom stereocenters. The molecule has 1 saturated carbocycles. The first-order valence-corrected chi connectivity index (χ1v) is 5.40. The Hall–Kier alpha value is 0.230. The smallest absolute Gasteiger partial charge is 0.367 e. The van der Waals surface area contributed by atoms with E-state index in [1.807, 2.05) is 0 Å². The van der Waals surface area contributed by atoms with E-state index in [0.29, 0.717) is 11.9 Å². The van der Waals surface area contributed by atoms with Gasteiger partial charge in [0.2, 0.25) is 0 Å². The van der Waals surface area contributed by atoms with Crippen LogP contribution in [0.25, 0.3) is 0 Å². The third-order valence-electron chi connectivity index (χ3n) is 2.39. The summed E-state index contributed by atoms with van der Waals surface area (Å²) in [6.07, 6.45) is -2.53. The molecular weight excluding hydrogens is 249 g/mol. The van der Waals surface area contributed by atoms with Crippen LogP contribution in [0.2, 0.25) is 0 Å². The molecule has 0 spiro atoms. The fraction of sp³-hybridized carbons (Fsp3) is 1.00. The van der Waals surface area contributed by atoms with Gasteiger partial charge in [-0.15, -0.1) is 0 Å². The van der Waals surface area contributed by atoms with E-state index in [1.54, 1.807) is 0 Å². The van der Waals surface area contributed by atoms with E-state index in [9.17, 15) is 13.2 Å². The zero-order valence-electron chi connectivity index (χ0n) is 7.11. The Morgan fingerprint density at radius 1 is 1.31 bits per heavy atom. The maximum atomic E-state index is 12.3. The van der Waals surface area contributed by atoms with E-state index >= 15 is 0 Å². The van der Waals surface area contributed by atoms with Gasteiger partial charge in [0.1, 0.15) is 5.52 Å². The summed E-state index contributed by atoms with van der Waals surface area (Å²) >= 11 is 3.05. The van der Waals surface area contributed by atoms with Gasteiger partial charge in [-0.25, -0.2) is 0 Å². The first-order valence-electron chi connectivity index (χ1n) is 4.28. The first kappa shape index (κ1) is 11.3. The second kappa shape index (κ2) is 4.64. The SMILES string of the molecule is FC(F)(F)C1CCCC(OCBr)C1. The zero-order chi connectivity index (χ0) is 9.90. The highest BCUT2D eigenvalue weighted by molar-refractivity contribution is 9.09. The normalized spacial score (nSPS) is 30.5. The van der Waals surface area contributed by atoms with Crippen molar-refractivity contribution >= 4 is 15.9 Å². The summed E-state index contributed by atoms with van der Waals surface area (Å²) in [7, 11) is 0. The topological polar surface area (TPSA) is 9.23 Å². The van der Waals surface area contributed by atoms with Crippen LogP contribution < -0.4 is 0 Å². The predicted molar refractivity (Wildman–Crippen MR) is 46.7 cm³/mol. The zero-order valence-corrected chi connectivity index (χ0v) is 8.70. The molecule has 1 aliphatic carbocycles. The van der Waals surface area contributed by atoms with Crippen molar-refractivity contribution in [1.82, 2.24) is 0 Å². The van der Waals surface area contributed by atoms with Crippen molar-refractivity contribution in [2.45, 2.75) is 38.0 Å². The summed E-state index contributed by atoms with van der Waals surface area (Å²) in [4.78, 5) is 0. The molecule has 1 nitrogen and oxygen atoms in total. The highest BCUT2D eigenvalue weighted by Gasteiger charge is 2.42. The van der Waals surface area contributed by atoms with Crippen LogP contribution in [-0.2, 0) is 4.74 Å². The predicted octanol–water partition coefficient (Wildman–Crippen LogP) is 3.48. The Kier molecular flexibility index (Phi) is 4.04. The maximum Gasteiger partial charge on any atom is 0.391 e. The Balaban J connectivity index is 2.42. The number of hydrogen-bond acceptors (Lipinski definition) is 1. The van der Waals surface area contributed by atoms with Gasteiger partial charge in [-0.1, -0.05) is 22.4 Å². The molecule has 0 radical (unpaired) electrons. The lowest BCUT2D eigenvalue weighted by molar-refractivity contribution is -0.191. The second-order valence-corrected chi connectivity index (χ2v) is 3.76. The Morgan fingerprint density at radius 3 is 2.54 bits per heavy atom. The Morgan fingerprint density at radius 2 is 2.00 bits per heavy atom. The molecule has 0 N–H and O–H groups in total. The molecule has 0 heterocycles. The summed E-state index contributed by atoms with van der Waals surface area (Å²) in [5.41, 5.74) is 0.322. The molecule has 78 valence electrons. The van der Waals surface area contributed by atoms with Gasteiger partial charge in [0.15, 0.2) is 0 Å². The lowest BCUT2D eigenvalue weighted by Gasteiger charge is -2.29. The van der Waals surface area contributed by atoms with Crippen LogP contribution in [0.15, 0.2) is 0 Å². The fourth-order valence-electron chi connectivity index (χ4n) is 1.68. The van der Waals surface area contributed by atoms with Crippen LogP contribution in [0.1, 0.15) is 25.7 Å². The molecule has 13 heavy (non-hydrogen) atoms. The highest BCUT2D eigenvalue weighted by Crippen LogP contribution is 2.38. The van der Waals surface area contributed by atoms with E-state index < -0.39 is 12.1 Å². The molecule has 0 aromatic carbocycles. The lowest BCUT2D eigenvalue weighted by Crippen LogP contribution is -2.32. The minimum atomic E-state index is -4.05. The summed E-state index contributed by atoms with van der Waals surface area (Å²) < 4.78 is 42.0. The van der Waals surface area contributed by atoms with Crippen molar-refractivity contribution in [1.29, 1.82) is 0 Å². The largest absolute Gasteiger partial charge is 0.391 e. The van der Waals surface area contributed by atoms with Crippen LogP contribution in [-0.4, -0.2) is 17.8 Å². The molecule has 1 fully saturated rings. The summed E-state index contributed by atoms with van der Waals surface area (Å²) in [5, 5.41) is 0. The molecule has 1 rings (SSSR count). The molecule has 0 aromatic heterocycles. The highest BCUT2D eigenvalue weighted by atomic mass is 79.9. The molecule has 0 amide bonds. The van der Waals surface area contributed by atoms with E-state index in [2.05, 4.69) is 15.9 Å². The van der Waals surface area contributed by atoms with Gasteiger partial charge < -0.3 is 4.74 Å². The quantitative estimate of drug-likeness (QED) is 0.691. The summed E-state index contributed by atoms with van der Waals surface area (Å²) in [6.45, 7) is 0. The van der Waals surface area contributed by atoms with Crippen molar-refractivity contribution in [2.24, 2.45) is 5.92 Å². The van der Waals surface area contributed by atoms with Crippen molar-refractivity contribution < 1.29 is 17.9 Å². The minimum Gasteiger partial charge on any atom is -0.367 e. The van der Waals surface area contributed by atoms with Crippen molar-refractivity contribution in [2.75, 3.05) is 5.52 Å². The minimum absolute atomic E-state index is 0.120. The van der Waals surface area contributed by atoms with Crippen LogP contribution in [0, 0.1) is 5.92 Å². The number of halogens is 4. The third-order valence-corrected chi connectivity index (χ3v) is 2.65. The number of alkyl halides is 4. The maximum absolute atomic E-state index is 12.3. The average Bonchev–Trinajstić information content (AvgIpc) is 2.04. The van der Waals surface area contributed by atoms with Gasteiger partial charge >= 0.3 is 6.18 Å². The average molecular weight is 261 g/mol. The summed E-state index contributed by atoms with van der Waals surface area (Å²) in [6, 6.07) is 0. The van der Waals surface area contributed by atoms with Gasteiger partial charge in [0, 0.05) is 0 Å². The third kappa shape index (κ3) is 3.46. The van der Waals surface area contributed by atoms with Crippen molar-refractivity contribution in [3.8, 4) is 0 Å². The van der Waals surface area contributed by atoms with Gasteiger partial charge in [-0.05, 0) is 19.3 Å². The fourth-order valence-corrected chi connectivity index (χ4v) is 2.06. The lowest BCUT2D eigenvalue weighted by atomic mass is 9.87. The first-order chi connectivity index (χ1) is 6.04. The van der Waals surface area contributed by atoms with Gasteiger partial charge in [0.05, 0.1) is 12.0 Å².